The van der Waals surface area contributed by atoms with Crippen LogP contribution in [0.5, 0.6) is 5.75 Å². The van der Waals surface area contributed by atoms with Crippen LogP contribution in [0, 0.1) is 0 Å². The maximum Gasteiger partial charge on any atom is 0.412 e. The number of hydrogen-bond donors (Lipinski definition) is 1. The lowest BCUT2D eigenvalue weighted by molar-refractivity contribution is -0.00124. The molecule has 0 bridgehead atoms. The minimum Gasteiger partial charge on any atom is -0.497 e. The van der Waals surface area contributed by atoms with Crippen LogP contribution < -0.4 is 9.64 Å². The Balaban J connectivity index is 1.66. The first kappa shape index (κ1) is 22.8. The summed E-state index contributed by atoms with van der Waals surface area (Å²) in [6.07, 6.45) is 4.26. The summed E-state index contributed by atoms with van der Waals surface area (Å²) in [5.74, 6) is 0.822. The molecule has 1 N–H and O–H groups in total. The summed E-state index contributed by atoms with van der Waals surface area (Å²) in [6.45, 7) is 7.05. The Morgan fingerprint density at radius 1 is 1.09 bits per heavy atom. The predicted molar refractivity (Wildman–Crippen MR) is 132 cm³/mol. The second-order valence-corrected chi connectivity index (χ2v) is 10.6. The summed E-state index contributed by atoms with van der Waals surface area (Å²) in [5, 5.41) is 10.1. The van der Waals surface area contributed by atoms with E-state index in [0.29, 0.717) is 13.1 Å². The molecule has 6 heteroatoms. The Morgan fingerprint density at radius 3 is 2.50 bits per heavy atom. The summed E-state index contributed by atoms with van der Waals surface area (Å²) in [4.78, 5) is 18.0. The van der Waals surface area contributed by atoms with Gasteiger partial charge in [-0.05, 0) is 74.9 Å². The zero-order valence-electron chi connectivity index (χ0n) is 20.5. The Kier molecular flexibility index (Phi) is 5.40. The van der Waals surface area contributed by atoms with E-state index in [1.54, 1.807) is 7.11 Å². The molecular weight excluding hydrogens is 428 g/mol. The molecule has 2 aliphatic heterocycles. The van der Waals surface area contributed by atoms with Crippen molar-refractivity contribution in [2.75, 3.05) is 25.2 Å². The molecule has 1 amide bonds. The molecule has 2 heterocycles. The average Bonchev–Trinajstić information content (AvgIpc) is 3.28. The molecule has 1 saturated heterocycles. The summed E-state index contributed by atoms with van der Waals surface area (Å²) in [6, 6.07) is 16.6. The van der Waals surface area contributed by atoms with Crippen molar-refractivity contribution in [1.82, 2.24) is 4.90 Å². The van der Waals surface area contributed by atoms with Crippen LogP contribution in [0.25, 0.3) is 0 Å². The molecule has 1 aliphatic carbocycles. The van der Waals surface area contributed by atoms with Crippen LogP contribution in [0.4, 0.5) is 10.5 Å². The fourth-order valence-electron chi connectivity index (χ4n) is 6.26. The van der Waals surface area contributed by atoms with Gasteiger partial charge in [0.15, 0.2) is 0 Å². The second kappa shape index (κ2) is 8.05. The van der Waals surface area contributed by atoms with Gasteiger partial charge in [0, 0.05) is 18.8 Å². The van der Waals surface area contributed by atoms with Crippen LogP contribution in [0.1, 0.15) is 51.2 Å². The number of para-hydroxylation sites is 1. The first-order chi connectivity index (χ1) is 16.2. The number of anilines is 1. The van der Waals surface area contributed by atoms with Gasteiger partial charge in [0.05, 0.1) is 19.1 Å². The summed E-state index contributed by atoms with van der Waals surface area (Å²) < 4.78 is 11.3. The van der Waals surface area contributed by atoms with Gasteiger partial charge in [0.2, 0.25) is 0 Å². The molecular formula is C28H34N2O4. The molecule has 2 aromatic rings. The Morgan fingerprint density at radius 2 is 1.82 bits per heavy atom. The minimum atomic E-state index is -0.586. The molecule has 180 valence electrons. The van der Waals surface area contributed by atoms with Gasteiger partial charge < -0.3 is 19.5 Å². The highest BCUT2D eigenvalue weighted by Crippen LogP contribution is 2.64. The zero-order valence-corrected chi connectivity index (χ0v) is 20.5. The van der Waals surface area contributed by atoms with Crippen molar-refractivity contribution in [3.05, 3.63) is 71.3 Å². The van der Waals surface area contributed by atoms with Gasteiger partial charge in [0.1, 0.15) is 17.0 Å². The molecule has 2 atom stereocenters. The maximum absolute atomic E-state index is 13.6. The van der Waals surface area contributed by atoms with Gasteiger partial charge in [-0.2, -0.15) is 0 Å². The van der Waals surface area contributed by atoms with Crippen LogP contribution in [-0.2, 0) is 16.7 Å². The maximum atomic E-state index is 13.6. The Labute approximate surface area is 201 Å². The molecule has 0 saturated carbocycles. The third kappa shape index (κ3) is 3.30. The number of rotatable bonds is 4. The first-order valence-electron chi connectivity index (χ1n) is 12.1. The number of fused-ring (bicyclic) bond motifs is 1. The Hall–Kier alpha value is -2.99. The fraction of sp³-hybridized carbons (Fsp3) is 0.464. The number of carbonyl (C=O) groups is 1. The predicted octanol–water partition coefficient (Wildman–Crippen LogP) is 5.00. The lowest BCUT2D eigenvalue weighted by atomic mass is 9.66. The van der Waals surface area contributed by atoms with E-state index in [4.69, 9.17) is 9.47 Å². The summed E-state index contributed by atoms with van der Waals surface area (Å²) in [5.41, 5.74) is 3.01. The topological polar surface area (TPSA) is 62.2 Å². The van der Waals surface area contributed by atoms with Crippen LogP contribution in [0.15, 0.2) is 60.2 Å². The van der Waals surface area contributed by atoms with Gasteiger partial charge >= 0.3 is 6.09 Å². The number of ether oxygens (including phenoxy) is 2. The first-order valence-corrected chi connectivity index (χ1v) is 12.1. The highest BCUT2D eigenvalue weighted by atomic mass is 16.6. The van der Waals surface area contributed by atoms with E-state index < -0.39 is 11.3 Å². The molecule has 0 radical (unpaired) electrons. The van der Waals surface area contributed by atoms with Crippen LogP contribution in [0.2, 0.25) is 0 Å². The average molecular weight is 463 g/mol. The van der Waals surface area contributed by atoms with Gasteiger partial charge in [0.25, 0.3) is 0 Å². The molecule has 3 aliphatic rings. The van der Waals surface area contributed by atoms with Crippen molar-refractivity contribution in [3.63, 3.8) is 0 Å². The van der Waals surface area contributed by atoms with Gasteiger partial charge in [-0.15, -0.1) is 0 Å². The van der Waals surface area contributed by atoms with Gasteiger partial charge in [-0.3, -0.25) is 4.90 Å². The van der Waals surface area contributed by atoms with Gasteiger partial charge in [-0.1, -0.05) is 36.4 Å². The number of carbonyl (C=O) groups excluding carboxylic acids is 1. The number of aliphatic hydroxyl groups excluding tert-OH is 1. The van der Waals surface area contributed by atoms with Crippen molar-refractivity contribution in [3.8, 4) is 5.75 Å². The minimum absolute atomic E-state index is 0.0465. The van der Waals surface area contributed by atoms with Crippen molar-refractivity contribution in [2.45, 2.75) is 63.3 Å². The molecule has 0 unspecified atom stereocenters. The molecule has 34 heavy (non-hydrogen) atoms. The third-order valence-corrected chi connectivity index (χ3v) is 7.57. The standard InChI is InChI=1S/C28H34N2O4/c1-26(2,3)34-25(32)29-16-15-27-17-21(19-31)13-14-28(27,29)30(24-8-6-5-7-23(24)27)18-20-9-11-22(33-4)12-10-20/h5-12,17,31H,13-16,18-19H2,1-4H3/t27-,28-/m1/s1. The van der Waals surface area contributed by atoms with E-state index in [9.17, 15) is 9.90 Å². The molecule has 0 aromatic heterocycles. The van der Waals surface area contributed by atoms with Crippen LogP contribution >= 0.6 is 0 Å². The van der Waals surface area contributed by atoms with E-state index in [-0.39, 0.29) is 18.1 Å². The lowest BCUT2D eigenvalue weighted by Gasteiger charge is -2.52. The van der Waals surface area contributed by atoms with E-state index in [0.717, 1.165) is 41.8 Å². The monoisotopic (exact) mass is 462 g/mol. The normalized spacial score (nSPS) is 25.4. The number of methoxy groups -OCH3 is 1. The quantitative estimate of drug-likeness (QED) is 0.648. The van der Waals surface area contributed by atoms with Crippen molar-refractivity contribution >= 4 is 11.8 Å². The van der Waals surface area contributed by atoms with E-state index in [2.05, 4.69) is 47.4 Å². The smallest absolute Gasteiger partial charge is 0.412 e. The number of amides is 1. The number of aliphatic hydroxyl groups is 1. The lowest BCUT2D eigenvalue weighted by Crippen LogP contribution is -2.65. The molecule has 2 aromatic carbocycles. The number of nitrogens with zero attached hydrogens (tertiary/aromatic N) is 2. The number of hydrogen-bond acceptors (Lipinski definition) is 5. The second-order valence-electron chi connectivity index (χ2n) is 10.6. The summed E-state index contributed by atoms with van der Waals surface area (Å²) in [7, 11) is 1.67. The van der Waals surface area contributed by atoms with Gasteiger partial charge in [-0.25, -0.2) is 4.79 Å². The largest absolute Gasteiger partial charge is 0.497 e. The molecule has 0 spiro atoms. The van der Waals surface area contributed by atoms with E-state index >= 15 is 0 Å². The van der Waals surface area contributed by atoms with Crippen molar-refractivity contribution in [1.29, 1.82) is 0 Å². The highest BCUT2D eigenvalue weighted by molar-refractivity contribution is 5.78. The fourth-order valence-corrected chi connectivity index (χ4v) is 6.26. The van der Waals surface area contributed by atoms with E-state index in [1.807, 2.05) is 37.8 Å². The molecule has 5 rings (SSSR count). The Bertz CT molecular complexity index is 1120. The molecule has 1 fully saturated rings. The number of benzene rings is 2. The SMILES string of the molecule is COc1ccc(CN2c3ccccc3[C@@]34C=C(CO)CC[C@@]23N(C(=O)OC(C)(C)C)CC4)cc1. The van der Waals surface area contributed by atoms with Crippen molar-refractivity contribution < 1.29 is 19.4 Å². The summed E-state index contributed by atoms with van der Waals surface area (Å²) >= 11 is 0. The highest BCUT2D eigenvalue weighted by Gasteiger charge is 2.69. The van der Waals surface area contributed by atoms with Crippen molar-refractivity contribution in [2.24, 2.45) is 0 Å². The van der Waals surface area contributed by atoms with Crippen LogP contribution in [-0.4, -0.2) is 47.6 Å². The molecule has 6 nitrogen and oxygen atoms in total. The van der Waals surface area contributed by atoms with Crippen LogP contribution in [0.3, 0.4) is 0 Å². The third-order valence-electron chi connectivity index (χ3n) is 7.57. The number of likely N-dealkylation sites (tertiary alicyclic amines) is 1. The van der Waals surface area contributed by atoms with E-state index in [1.165, 1.54) is 5.56 Å². The zero-order chi connectivity index (χ0) is 24.1.